The highest BCUT2D eigenvalue weighted by Crippen LogP contribution is 2.28. The van der Waals surface area contributed by atoms with E-state index in [2.05, 4.69) is 5.32 Å². The summed E-state index contributed by atoms with van der Waals surface area (Å²) in [7, 11) is 0. The van der Waals surface area contributed by atoms with Gasteiger partial charge in [0, 0.05) is 24.6 Å². The van der Waals surface area contributed by atoms with E-state index in [4.69, 9.17) is 4.42 Å². The Morgan fingerprint density at radius 1 is 1.29 bits per heavy atom. The summed E-state index contributed by atoms with van der Waals surface area (Å²) in [4.78, 5) is 21.7. The average Bonchev–Trinajstić information content (AvgIpc) is 2.75. The first-order valence-corrected chi connectivity index (χ1v) is 6.47. The predicted molar refractivity (Wildman–Crippen MR) is 76.9 cm³/mol. The fraction of sp³-hybridized carbons (Fsp3) is 0.267. The molecule has 0 aliphatic rings. The minimum atomic E-state index is -0.454. The van der Waals surface area contributed by atoms with Gasteiger partial charge in [-0.25, -0.2) is 0 Å². The van der Waals surface area contributed by atoms with E-state index >= 15 is 0 Å². The van der Waals surface area contributed by atoms with Crippen molar-refractivity contribution in [2.24, 2.45) is 0 Å². The summed E-state index contributed by atoms with van der Waals surface area (Å²) in [5.74, 6) is 1.28. The number of carbonyl (C=O) groups is 1. The molecule has 6 nitrogen and oxygen atoms in total. The van der Waals surface area contributed by atoms with Gasteiger partial charge >= 0.3 is 0 Å². The molecule has 2 rings (SSSR count). The first-order valence-electron chi connectivity index (χ1n) is 6.47. The number of amides is 1. The van der Waals surface area contributed by atoms with Gasteiger partial charge in [-0.3, -0.25) is 14.9 Å². The molecule has 0 saturated heterocycles. The quantitative estimate of drug-likeness (QED) is 0.692. The number of nitrogens with one attached hydrogen (secondary N) is 1. The molecule has 1 aromatic carbocycles. The summed E-state index contributed by atoms with van der Waals surface area (Å²) < 4.78 is 5.50. The molecule has 0 fully saturated rings. The number of carbonyl (C=O) groups excluding carboxylic acids is 1. The van der Waals surface area contributed by atoms with Gasteiger partial charge in [0.15, 0.2) is 0 Å². The van der Waals surface area contributed by atoms with Crippen molar-refractivity contribution in [1.29, 1.82) is 0 Å². The second-order valence-electron chi connectivity index (χ2n) is 4.85. The highest BCUT2D eigenvalue weighted by Gasteiger charge is 2.21. The number of aryl methyl sites for hydroxylation is 2. The third kappa shape index (κ3) is 3.28. The minimum Gasteiger partial charge on any atom is -0.466 e. The summed E-state index contributed by atoms with van der Waals surface area (Å²) in [6, 6.07) is 7.60. The zero-order valence-corrected chi connectivity index (χ0v) is 12.0. The van der Waals surface area contributed by atoms with E-state index in [-0.39, 0.29) is 17.6 Å². The van der Waals surface area contributed by atoms with Gasteiger partial charge in [-0.05, 0) is 37.6 Å². The van der Waals surface area contributed by atoms with Crippen LogP contribution in [0.4, 0.5) is 5.69 Å². The molecule has 1 aromatic heterocycles. The molecule has 1 N–H and O–H groups in total. The lowest BCUT2D eigenvalue weighted by atomic mass is 9.98. The van der Waals surface area contributed by atoms with Crippen molar-refractivity contribution in [3.05, 3.63) is 63.1 Å². The van der Waals surface area contributed by atoms with Gasteiger partial charge in [0.2, 0.25) is 5.91 Å². The number of nitro benzene ring substituents is 1. The molecule has 1 heterocycles. The van der Waals surface area contributed by atoms with Crippen molar-refractivity contribution in [2.75, 3.05) is 0 Å². The number of hydrogen-bond acceptors (Lipinski definition) is 4. The third-order valence-corrected chi connectivity index (χ3v) is 3.18. The van der Waals surface area contributed by atoms with E-state index in [9.17, 15) is 14.9 Å². The first-order chi connectivity index (χ1) is 9.88. The number of hydrogen-bond donors (Lipinski definition) is 1. The van der Waals surface area contributed by atoms with Crippen LogP contribution in [0.15, 0.2) is 34.7 Å². The predicted octanol–water partition coefficient (Wildman–Crippen LogP) is 3.03. The van der Waals surface area contributed by atoms with Crippen LogP contribution in [-0.4, -0.2) is 10.8 Å². The highest BCUT2D eigenvalue weighted by molar-refractivity contribution is 5.74. The molecule has 0 bridgehead atoms. The Balaban J connectivity index is 2.42. The second kappa shape index (κ2) is 5.78. The molecule has 0 saturated carbocycles. The number of benzene rings is 1. The van der Waals surface area contributed by atoms with Gasteiger partial charge in [-0.15, -0.1) is 0 Å². The van der Waals surface area contributed by atoms with Crippen LogP contribution in [0.1, 0.15) is 35.6 Å². The van der Waals surface area contributed by atoms with Crippen LogP contribution in [-0.2, 0) is 4.79 Å². The van der Waals surface area contributed by atoms with E-state index in [0.717, 1.165) is 16.9 Å². The maximum atomic E-state index is 11.4. The lowest BCUT2D eigenvalue weighted by Gasteiger charge is -2.17. The van der Waals surface area contributed by atoms with Crippen LogP contribution < -0.4 is 5.32 Å². The van der Waals surface area contributed by atoms with Crippen molar-refractivity contribution < 1.29 is 14.1 Å². The van der Waals surface area contributed by atoms with Crippen molar-refractivity contribution in [3.63, 3.8) is 0 Å². The molecular formula is C15H16N2O4. The maximum Gasteiger partial charge on any atom is 0.269 e. The minimum absolute atomic E-state index is 0.0143. The Kier molecular flexibility index (Phi) is 4.07. The second-order valence-corrected chi connectivity index (χ2v) is 4.85. The average molecular weight is 288 g/mol. The van der Waals surface area contributed by atoms with E-state index < -0.39 is 4.92 Å². The molecule has 21 heavy (non-hydrogen) atoms. The van der Waals surface area contributed by atoms with Crippen LogP contribution in [0.25, 0.3) is 0 Å². The zero-order valence-electron chi connectivity index (χ0n) is 12.0. The monoisotopic (exact) mass is 288 g/mol. The Morgan fingerprint density at radius 2 is 1.90 bits per heavy atom. The SMILES string of the molecule is CC(=O)NC(c1ccc([N+](=O)[O-])cc1)c1cc(C)oc1C. The van der Waals surface area contributed by atoms with Crippen molar-refractivity contribution in [1.82, 2.24) is 5.32 Å². The molecule has 0 aliphatic carbocycles. The van der Waals surface area contributed by atoms with Gasteiger partial charge in [-0.1, -0.05) is 0 Å². The van der Waals surface area contributed by atoms with E-state index in [1.54, 1.807) is 12.1 Å². The van der Waals surface area contributed by atoms with Crippen LogP contribution in [0, 0.1) is 24.0 Å². The molecule has 0 radical (unpaired) electrons. The number of nitro groups is 1. The first kappa shape index (κ1) is 14.8. The standard InChI is InChI=1S/C15H16N2O4/c1-9-8-14(10(2)21-9)15(16-11(3)18)12-4-6-13(7-5-12)17(19)20/h4-8,15H,1-3H3,(H,16,18). The molecule has 2 aromatic rings. The van der Waals surface area contributed by atoms with Crippen molar-refractivity contribution >= 4 is 11.6 Å². The summed E-state index contributed by atoms with van der Waals surface area (Å²) in [5.41, 5.74) is 1.62. The van der Waals surface area contributed by atoms with Crippen molar-refractivity contribution in [2.45, 2.75) is 26.8 Å². The molecule has 6 heteroatoms. The largest absolute Gasteiger partial charge is 0.466 e. The van der Waals surface area contributed by atoms with Crippen LogP contribution in [0.3, 0.4) is 0 Å². The normalized spacial score (nSPS) is 12.0. The van der Waals surface area contributed by atoms with Crippen LogP contribution in [0.2, 0.25) is 0 Å². The lowest BCUT2D eigenvalue weighted by molar-refractivity contribution is -0.384. The highest BCUT2D eigenvalue weighted by atomic mass is 16.6. The van der Waals surface area contributed by atoms with Gasteiger partial charge < -0.3 is 9.73 Å². The van der Waals surface area contributed by atoms with E-state index in [1.165, 1.54) is 19.1 Å². The van der Waals surface area contributed by atoms with Gasteiger partial charge in [0.1, 0.15) is 11.5 Å². The number of furan rings is 1. The molecule has 110 valence electrons. The Bertz CT molecular complexity index is 673. The number of non-ortho nitro benzene ring substituents is 1. The van der Waals surface area contributed by atoms with Gasteiger partial charge in [0.25, 0.3) is 5.69 Å². The fourth-order valence-corrected chi connectivity index (χ4v) is 2.27. The maximum absolute atomic E-state index is 11.4. The molecule has 1 unspecified atom stereocenters. The fourth-order valence-electron chi connectivity index (χ4n) is 2.27. The number of nitrogens with zero attached hydrogens (tertiary/aromatic N) is 1. The topological polar surface area (TPSA) is 85.4 Å². The lowest BCUT2D eigenvalue weighted by Crippen LogP contribution is -2.27. The summed E-state index contributed by atoms with van der Waals surface area (Å²) >= 11 is 0. The molecule has 0 aliphatic heterocycles. The van der Waals surface area contributed by atoms with Crippen LogP contribution >= 0.6 is 0 Å². The van der Waals surface area contributed by atoms with E-state index in [0.29, 0.717) is 5.76 Å². The summed E-state index contributed by atoms with van der Waals surface area (Å²) in [5, 5.41) is 13.6. The van der Waals surface area contributed by atoms with Crippen molar-refractivity contribution in [3.8, 4) is 0 Å². The summed E-state index contributed by atoms with van der Waals surface area (Å²) in [6.45, 7) is 5.08. The van der Waals surface area contributed by atoms with Gasteiger partial charge in [0.05, 0.1) is 11.0 Å². The van der Waals surface area contributed by atoms with Gasteiger partial charge in [-0.2, -0.15) is 0 Å². The van der Waals surface area contributed by atoms with Crippen LogP contribution in [0.5, 0.6) is 0 Å². The zero-order chi connectivity index (χ0) is 15.6. The Hall–Kier alpha value is -2.63. The molecule has 1 atom stereocenters. The molecule has 0 spiro atoms. The smallest absolute Gasteiger partial charge is 0.269 e. The molecular weight excluding hydrogens is 272 g/mol. The van der Waals surface area contributed by atoms with E-state index in [1.807, 2.05) is 19.9 Å². The number of rotatable bonds is 4. The third-order valence-electron chi connectivity index (χ3n) is 3.18. The Labute approximate surface area is 121 Å². The summed E-state index contributed by atoms with van der Waals surface area (Å²) in [6.07, 6.45) is 0. The molecule has 1 amide bonds. The Morgan fingerprint density at radius 3 is 2.33 bits per heavy atom.